The molecule has 5 nitrogen and oxygen atoms in total. The zero-order chi connectivity index (χ0) is 11.5. The van der Waals surface area contributed by atoms with Crippen LogP contribution in [0.25, 0.3) is 5.65 Å². The maximum absolute atomic E-state index is 5.87. The summed E-state index contributed by atoms with van der Waals surface area (Å²) < 4.78 is 7.34. The normalized spacial score (nSPS) is 13.1. The van der Waals surface area contributed by atoms with Crippen molar-refractivity contribution < 1.29 is 4.74 Å². The number of nitrogens with two attached hydrogens (primary N) is 2. The molecule has 0 amide bonds. The minimum absolute atomic E-state index is 0.0503. The van der Waals surface area contributed by atoms with Gasteiger partial charge in [-0.05, 0) is 18.6 Å². The van der Waals surface area contributed by atoms with Gasteiger partial charge in [-0.3, -0.25) is 0 Å². The summed E-state index contributed by atoms with van der Waals surface area (Å²) >= 11 is 0. The number of ether oxygens (including phenoxy) is 1. The zero-order valence-corrected chi connectivity index (χ0v) is 9.26. The minimum Gasteiger partial charge on any atom is -0.396 e. The maximum Gasteiger partial charge on any atom is 0.160 e. The lowest BCUT2D eigenvalue weighted by Crippen LogP contribution is -2.21. The molecule has 0 saturated carbocycles. The predicted molar refractivity (Wildman–Crippen MR) is 62.9 cm³/mol. The number of nitrogen functional groups attached to an aromatic ring is 1. The standard InChI is InChI=1S/C11H16N4O/c1-8(12)6-16-7-9-4-10(13)11-14-2-3-15(11)5-9/h2-5,8H,6-7,12-13H2,1H3. The van der Waals surface area contributed by atoms with Crippen LogP contribution in [0.1, 0.15) is 12.5 Å². The third-order valence-electron chi connectivity index (χ3n) is 2.22. The Kier molecular flexibility index (Phi) is 3.07. The van der Waals surface area contributed by atoms with Gasteiger partial charge in [-0.25, -0.2) is 4.98 Å². The molecule has 2 aromatic rings. The third kappa shape index (κ3) is 2.32. The molecule has 2 rings (SSSR count). The molecule has 0 aliphatic rings. The third-order valence-corrected chi connectivity index (χ3v) is 2.22. The summed E-state index contributed by atoms with van der Waals surface area (Å²) in [7, 11) is 0. The van der Waals surface area contributed by atoms with E-state index in [0.717, 1.165) is 11.2 Å². The van der Waals surface area contributed by atoms with Crippen molar-refractivity contribution in [2.75, 3.05) is 12.3 Å². The Morgan fingerprint density at radius 2 is 2.38 bits per heavy atom. The summed E-state index contributed by atoms with van der Waals surface area (Å²) in [5.74, 6) is 0. The minimum atomic E-state index is 0.0503. The Morgan fingerprint density at radius 3 is 3.12 bits per heavy atom. The SMILES string of the molecule is CC(N)COCc1cc(N)c2nccn2c1. The van der Waals surface area contributed by atoms with Crippen LogP contribution in [-0.2, 0) is 11.3 Å². The van der Waals surface area contributed by atoms with E-state index in [4.69, 9.17) is 16.2 Å². The second-order valence-corrected chi connectivity index (χ2v) is 3.95. The van der Waals surface area contributed by atoms with Gasteiger partial charge in [0.05, 0.1) is 18.9 Å². The monoisotopic (exact) mass is 220 g/mol. The molecule has 1 atom stereocenters. The van der Waals surface area contributed by atoms with Crippen LogP contribution in [0.2, 0.25) is 0 Å². The lowest BCUT2D eigenvalue weighted by molar-refractivity contribution is 0.111. The van der Waals surface area contributed by atoms with Crippen LogP contribution < -0.4 is 11.5 Å². The molecule has 86 valence electrons. The molecule has 0 spiro atoms. The quantitative estimate of drug-likeness (QED) is 0.798. The van der Waals surface area contributed by atoms with Crippen LogP contribution in [0.4, 0.5) is 5.69 Å². The number of rotatable bonds is 4. The first-order chi connectivity index (χ1) is 7.66. The average molecular weight is 220 g/mol. The first kappa shape index (κ1) is 10.9. The number of anilines is 1. The fourth-order valence-electron chi connectivity index (χ4n) is 1.56. The lowest BCUT2D eigenvalue weighted by Gasteiger charge is -2.08. The molecule has 5 heteroatoms. The number of fused-ring (bicyclic) bond motifs is 1. The predicted octanol–water partition coefficient (Wildman–Crippen LogP) is 0.780. The number of hydrogen-bond acceptors (Lipinski definition) is 4. The van der Waals surface area contributed by atoms with Gasteiger partial charge in [0.15, 0.2) is 5.65 Å². The van der Waals surface area contributed by atoms with E-state index in [1.54, 1.807) is 6.20 Å². The molecule has 0 aliphatic heterocycles. The van der Waals surface area contributed by atoms with Crippen LogP contribution in [0.3, 0.4) is 0 Å². The van der Waals surface area contributed by atoms with Crippen molar-refractivity contribution in [1.82, 2.24) is 9.38 Å². The smallest absolute Gasteiger partial charge is 0.160 e. The topological polar surface area (TPSA) is 78.6 Å². The summed E-state index contributed by atoms with van der Waals surface area (Å²) in [6.45, 7) is 2.97. The van der Waals surface area contributed by atoms with Crippen LogP contribution in [0.5, 0.6) is 0 Å². The van der Waals surface area contributed by atoms with Gasteiger partial charge in [0, 0.05) is 24.6 Å². The van der Waals surface area contributed by atoms with Crippen LogP contribution in [0.15, 0.2) is 24.7 Å². The van der Waals surface area contributed by atoms with E-state index in [-0.39, 0.29) is 6.04 Å². The Hall–Kier alpha value is -1.59. The van der Waals surface area contributed by atoms with Gasteiger partial charge < -0.3 is 20.6 Å². The van der Waals surface area contributed by atoms with E-state index >= 15 is 0 Å². The molecule has 4 N–H and O–H groups in total. The fraction of sp³-hybridized carbons (Fsp3) is 0.364. The highest BCUT2D eigenvalue weighted by Gasteiger charge is 2.03. The van der Waals surface area contributed by atoms with Gasteiger partial charge in [-0.2, -0.15) is 0 Å². The van der Waals surface area contributed by atoms with E-state index in [1.165, 1.54) is 0 Å². The highest BCUT2D eigenvalue weighted by atomic mass is 16.5. The highest BCUT2D eigenvalue weighted by Crippen LogP contribution is 2.14. The second-order valence-electron chi connectivity index (χ2n) is 3.95. The van der Waals surface area contributed by atoms with Crippen molar-refractivity contribution in [2.24, 2.45) is 5.73 Å². The lowest BCUT2D eigenvalue weighted by atomic mass is 10.2. The van der Waals surface area contributed by atoms with E-state index in [0.29, 0.717) is 18.9 Å². The molecule has 0 aliphatic carbocycles. The van der Waals surface area contributed by atoms with Gasteiger partial charge in [0.25, 0.3) is 0 Å². The number of nitrogens with zero attached hydrogens (tertiary/aromatic N) is 2. The van der Waals surface area contributed by atoms with Crippen molar-refractivity contribution in [3.05, 3.63) is 30.2 Å². The van der Waals surface area contributed by atoms with Gasteiger partial charge in [-0.15, -0.1) is 0 Å². The largest absolute Gasteiger partial charge is 0.396 e. The molecule has 0 fully saturated rings. The Bertz CT molecular complexity index is 478. The molecule has 2 aromatic heterocycles. The van der Waals surface area contributed by atoms with E-state index in [2.05, 4.69) is 4.98 Å². The summed E-state index contributed by atoms with van der Waals surface area (Å²) in [5, 5.41) is 0. The number of imidazole rings is 1. The summed E-state index contributed by atoms with van der Waals surface area (Å²) in [6.07, 6.45) is 5.54. The maximum atomic E-state index is 5.87. The van der Waals surface area contributed by atoms with Gasteiger partial charge in [0.2, 0.25) is 0 Å². The van der Waals surface area contributed by atoms with E-state index < -0.39 is 0 Å². The summed E-state index contributed by atoms with van der Waals surface area (Å²) in [5.41, 5.74) is 13.9. The molecule has 1 unspecified atom stereocenters. The fourth-order valence-corrected chi connectivity index (χ4v) is 1.56. The van der Waals surface area contributed by atoms with Crippen molar-refractivity contribution in [3.63, 3.8) is 0 Å². The van der Waals surface area contributed by atoms with Crippen molar-refractivity contribution >= 4 is 11.3 Å². The average Bonchev–Trinajstić information content (AvgIpc) is 2.65. The Balaban J connectivity index is 2.12. The van der Waals surface area contributed by atoms with E-state index in [1.807, 2.05) is 29.8 Å². The van der Waals surface area contributed by atoms with Crippen LogP contribution in [-0.4, -0.2) is 22.0 Å². The van der Waals surface area contributed by atoms with Crippen molar-refractivity contribution in [1.29, 1.82) is 0 Å². The molecule has 0 aromatic carbocycles. The highest BCUT2D eigenvalue weighted by molar-refractivity contribution is 5.65. The van der Waals surface area contributed by atoms with Crippen LogP contribution in [0, 0.1) is 0 Å². The molecule has 0 radical (unpaired) electrons. The Morgan fingerprint density at radius 1 is 1.56 bits per heavy atom. The van der Waals surface area contributed by atoms with Crippen molar-refractivity contribution in [2.45, 2.75) is 19.6 Å². The number of pyridine rings is 1. The van der Waals surface area contributed by atoms with Crippen LogP contribution >= 0.6 is 0 Å². The first-order valence-electron chi connectivity index (χ1n) is 5.21. The molecular weight excluding hydrogens is 204 g/mol. The number of hydrogen-bond donors (Lipinski definition) is 2. The van der Waals surface area contributed by atoms with Crippen molar-refractivity contribution in [3.8, 4) is 0 Å². The first-order valence-corrected chi connectivity index (χ1v) is 5.21. The van der Waals surface area contributed by atoms with E-state index in [9.17, 15) is 0 Å². The summed E-state index contributed by atoms with van der Waals surface area (Å²) in [6, 6.07) is 1.93. The van der Waals surface area contributed by atoms with Gasteiger partial charge in [0.1, 0.15) is 0 Å². The second kappa shape index (κ2) is 4.51. The molecule has 2 heterocycles. The molecule has 0 saturated heterocycles. The Labute approximate surface area is 94.0 Å². The van der Waals surface area contributed by atoms with Gasteiger partial charge >= 0.3 is 0 Å². The molecule has 0 bridgehead atoms. The summed E-state index contributed by atoms with van der Waals surface area (Å²) in [4.78, 5) is 4.15. The molecule has 16 heavy (non-hydrogen) atoms. The van der Waals surface area contributed by atoms with Gasteiger partial charge in [-0.1, -0.05) is 0 Å². The number of aromatic nitrogens is 2. The zero-order valence-electron chi connectivity index (χ0n) is 9.26. The molecular formula is C11H16N4O.